The van der Waals surface area contributed by atoms with Gasteiger partial charge in [0.15, 0.2) is 0 Å². The van der Waals surface area contributed by atoms with Gasteiger partial charge in [0.05, 0.1) is 5.69 Å². The van der Waals surface area contributed by atoms with Crippen molar-refractivity contribution in [2.75, 3.05) is 0 Å². The number of hydrogen-bond acceptors (Lipinski definition) is 3. The van der Waals surface area contributed by atoms with Crippen molar-refractivity contribution >= 4 is 22.6 Å². The zero-order chi connectivity index (χ0) is 18.8. The zero-order valence-corrected chi connectivity index (χ0v) is 15.6. The van der Waals surface area contributed by atoms with E-state index in [9.17, 15) is 4.39 Å². The van der Waals surface area contributed by atoms with Gasteiger partial charge in [-0.2, -0.15) is 0 Å². The van der Waals surface area contributed by atoms with Crippen LogP contribution in [-0.2, 0) is 19.3 Å². The fourth-order valence-electron chi connectivity index (χ4n) is 3.13. The monoisotopic (exact) mass is 380 g/mol. The van der Waals surface area contributed by atoms with Gasteiger partial charge in [0.1, 0.15) is 16.6 Å². The number of aromatic nitrogens is 4. The third-order valence-electron chi connectivity index (χ3n) is 4.56. The second kappa shape index (κ2) is 7.45. The van der Waals surface area contributed by atoms with Crippen LogP contribution in [0.2, 0.25) is 5.15 Å². The molecule has 4 rings (SSSR count). The Morgan fingerprint density at radius 3 is 2.63 bits per heavy atom. The Hall–Kier alpha value is -2.79. The molecular weight excluding hydrogens is 363 g/mol. The fraction of sp³-hybridized carbons (Fsp3) is 0.190. The van der Waals surface area contributed by atoms with E-state index in [0.29, 0.717) is 30.1 Å². The second-order valence-corrected chi connectivity index (χ2v) is 7.05. The third-order valence-corrected chi connectivity index (χ3v) is 4.78. The van der Waals surface area contributed by atoms with E-state index in [1.165, 1.54) is 0 Å². The van der Waals surface area contributed by atoms with Crippen LogP contribution < -0.4 is 0 Å². The molecule has 0 atom stereocenters. The molecule has 6 heteroatoms. The smallest absolute Gasteiger partial charge is 0.144 e. The van der Waals surface area contributed by atoms with Gasteiger partial charge >= 0.3 is 0 Å². The van der Waals surface area contributed by atoms with Gasteiger partial charge in [-0.05, 0) is 60.2 Å². The van der Waals surface area contributed by atoms with Crippen LogP contribution in [0.3, 0.4) is 0 Å². The molecule has 0 aromatic carbocycles. The molecule has 0 amide bonds. The third kappa shape index (κ3) is 3.98. The van der Waals surface area contributed by atoms with Gasteiger partial charge in [-0.25, -0.2) is 14.4 Å². The first-order valence-electron chi connectivity index (χ1n) is 8.75. The van der Waals surface area contributed by atoms with E-state index in [4.69, 9.17) is 11.6 Å². The lowest BCUT2D eigenvalue weighted by Crippen LogP contribution is -2.01. The van der Waals surface area contributed by atoms with Crippen molar-refractivity contribution < 1.29 is 4.39 Å². The molecule has 0 aliphatic carbocycles. The quantitative estimate of drug-likeness (QED) is 0.504. The number of hydrogen-bond donors (Lipinski definition) is 1. The van der Waals surface area contributed by atoms with Crippen molar-refractivity contribution in [2.24, 2.45) is 0 Å². The standard InChI is InChI=1S/C21H18ClFN4/c1-13-6-17-16(12-27-21(17)26-9-13)7-15-8-18(23)19(24-11-15)4-2-14-3-5-20(22)25-10-14/h3,5-6,8-12H,2,4,7H2,1H3,(H,26,27). The highest BCUT2D eigenvalue weighted by Crippen LogP contribution is 2.21. The van der Waals surface area contributed by atoms with Crippen LogP contribution in [0, 0.1) is 12.7 Å². The second-order valence-electron chi connectivity index (χ2n) is 6.66. The van der Waals surface area contributed by atoms with Gasteiger partial charge < -0.3 is 4.98 Å². The molecule has 1 N–H and O–H groups in total. The first-order chi connectivity index (χ1) is 13.1. The topological polar surface area (TPSA) is 54.5 Å². The van der Waals surface area contributed by atoms with Crippen LogP contribution in [-0.4, -0.2) is 19.9 Å². The van der Waals surface area contributed by atoms with Gasteiger partial charge in [0.2, 0.25) is 0 Å². The van der Waals surface area contributed by atoms with Crippen LogP contribution in [0.1, 0.15) is 27.9 Å². The van der Waals surface area contributed by atoms with Crippen molar-refractivity contribution in [3.63, 3.8) is 0 Å². The van der Waals surface area contributed by atoms with E-state index in [1.54, 1.807) is 24.5 Å². The maximum absolute atomic E-state index is 14.5. The van der Waals surface area contributed by atoms with E-state index < -0.39 is 0 Å². The first kappa shape index (κ1) is 17.6. The molecular formula is C21H18ClFN4. The SMILES string of the molecule is Cc1cnc2[nH]cc(Cc3cnc(CCc4ccc(Cl)nc4)c(F)c3)c2c1. The van der Waals surface area contributed by atoms with Gasteiger partial charge in [0, 0.05) is 36.6 Å². The lowest BCUT2D eigenvalue weighted by Gasteiger charge is -2.06. The highest BCUT2D eigenvalue weighted by molar-refractivity contribution is 6.29. The Bertz CT molecular complexity index is 1090. The Morgan fingerprint density at radius 1 is 1.00 bits per heavy atom. The van der Waals surface area contributed by atoms with Crippen molar-refractivity contribution in [1.82, 2.24) is 19.9 Å². The maximum atomic E-state index is 14.5. The number of halogens is 2. The Balaban J connectivity index is 1.49. The average molecular weight is 381 g/mol. The van der Waals surface area contributed by atoms with Crippen molar-refractivity contribution in [3.05, 3.63) is 88.0 Å². The van der Waals surface area contributed by atoms with Crippen LogP contribution in [0.4, 0.5) is 4.39 Å². The van der Waals surface area contributed by atoms with Crippen LogP contribution in [0.25, 0.3) is 11.0 Å². The number of nitrogens with one attached hydrogen (secondary N) is 1. The molecule has 0 aliphatic heterocycles. The van der Waals surface area contributed by atoms with Crippen LogP contribution in [0.5, 0.6) is 0 Å². The molecule has 0 radical (unpaired) electrons. The molecule has 0 spiro atoms. The summed E-state index contributed by atoms with van der Waals surface area (Å²) in [6, 6.07) is 7.30. The van der Waals surface area contributed by atoms with E-state index in [2.05, 4.69) is 26.0 Å². The van der Waals surface area contributed by atoms with Gasteiger partial charge in [0.25, 0.3) is 0 Å². The molecule has 27 heavy (non-hydrogen) atoms. The Morgan fingerprint density at radius 2 is 1.85 bits per heavy atom. The predicted molar refractivity (Wildman–Crippen MR) is 104 cm³/mol. The van der Waals surface area contributed by atoms with Gasteiger partial charge in [-0.1, -0.05) is 17.7 Å². The molecule has 0 fully saturated rings. The summed E-state index contributed by atoms with van der Waals surface area (Å²) in [6.07, 6.45) is 9.01. The number of aryl methyl sites for hydroxylation is 3. The van der Waals surface area contributed by atoms with Crippen LogP contribution in [0.15, 0.2) is 49.1 Å². The highest BCUT2D eigenvalue weighted by atomic mass is 35.5. The number of pyridine rings is 3. The summed E-state index contributed by atoms with van der Waals surface area (Å²) in [4.78, 5) is 15.9. The largest absolute Gasteiger partial charge is 0.346 e. The minimum Gasteiger partial charge on any atom is -0.346 e. The summed E-state index contributed by atoms with van der Waals surface area (Å²) in [5.74, 6) is -0.274. The molecule has 0 aliphatic rings. The lowest BCUT2D eigenvalue weighted by atomic mass is 10.0. The van der Waals surface area contributed by atoms with E-state index >= 15 is 0 Å². The average Bonchev–Trinajstić information content (AvgIpc) is 3.04. The van der Waals surface area contributed by atoms with E-state index in [1.807, 2.05) is 25.4 Å². The molecule has 0 unspecified atom stereocenters. The highest BCUT2D eigenvalue weighted by Gasteiger charge is 2.10. The minimum atomic E-state index is -0.274. The van der Waals surface area contributed by atoms with E-state index in [-0.39, 0.29) is 5.82 Å². The number of nitrogens with zero attached hydrogens (tertiary/aromatic N) is 3. The summed E-state index contributed by atoms with van der Waals surface area (Å²) >= 11 is 5.79. The normalized spacial score (nSPS) is 11.2. The summed E-state index contributed by atoms with van der Waals surface area (Å²) in [5, 5.41) is 1.52. The first-order valence-corrected chi connectivity index (χ1v) is 9.12. The predicted octanol–water partition coefficient (Wildman–Crippen LogP) is 4.83. The number of aromatic amines is 1. The maximum Gasteiger partial charge on any atom is 0.144 e. The summed E-state index contributed by atoms with van der Waals surface area (Å²) in [5.41, 5.74) is 5.34. The minimum absolute atomic E-state index is 0.274. The summed E-state index contributed by atoms with van der Waals surface area (Å²) in [6.45, 7) is 2.01. The van der Waals surface area contributed by atoms with Crippen molar-refractivity contribution in [3.8, 4) is 0 Å². The molecule has 0 saturated carbocycles. The fourth-order valence-corrected chi connectivity index (χ4v) is 3.24. The number of H-pyrrole nitrogens is 1. The van der Waals surface area contributed by atoms with E-state index in [0.717, 1.165) is 33.3 Å². The van der Waals surface area contributed by atoms with Crippen molar-refractivity contribution in [2.45, 2.75) is 26.2 Å². The van der Waals surface area contributed by atoms with Gasteiger partial charge in [-0.3, -0.25) is 4.98 Å². The lowest BCUT2D eigenvalue weighted by molar-refractivity contribution is 0.595. The summed E-state index contributed by atoms with van der Waals surface area (Å²) in [7, 11) is 0. The Kier molecular flexibility index (Phi) is 4.86. The molecule has 0 saturated heterocycles. The molecule has 4 nitrogen and oxygen atoms in total. The molecule has 4 aromatic heterocycles. The molecule has 136 valence electrons. The van der Waals surface area contributed by atoms with Crippen LogP contribution >= 0.6 is 11.6 Å². The number of fused-ring (bicyclic) bond motifs is 1. The van der Waals surface area contributed by atoms with Crippen molar-refractivity contribution in [1.29, 1.82) is 0 Å². The summed E-state index contributed by atoms with van der Waals surface area (Å²) < 4.78 is 14.5. The Labute approximate surface area is 161 Å². The number of rotatable bonds is 5. The molecule has 4 aromatic rings. The molecule has 0 bridgehead atoms. The van der Waals surface area contributed by atoms with Gasteiger partial charge in [-0.15, -0.1) is 0 Å². The molecule has 4 heterocycles. The zero-order valence-electron chi connectivity index (χ0n) is 14.8.